The zero-order valence-corrected chi connectivity index (χ0v) is 12.2. The Morgan fingerprint density at radius 2 is 1.73 bits per heavy atom. The van der Waals surface area contributed by atoms with Crippen molar-refractivity contribution in [1.82, 2.24) is 0 Å². The lowest BCUT2D eigenvalue weighted by Crippen LogP contribution is -2.11. The van der Waals surface area contributed by atoms with Gasteiger partial charge in [-0.05, 0) is 31.2 Å². The summed E-state index contributed by atoms with van der Waals surface area (Å²) in [5.41, 5.74) is 6.48. The number of nitrogens with one attached hydrogen (secondary N) is 1. The second-order valence-electron chi connectivity index (χ2n) is 4.56. The van der Waals surface area contributed by atoms with Gasteiger partial charge >= 0.3 is 0 Å². The van der Waals surface area contributed by atoms with Gasteiger partial charge in [-0.2, -0.15) is 0 Å². The maximum absolute atomic E-state index is 13.5. The average molecular weight is 308 g/mol. The zero-order chi connectivity index (χ0) is 15.9. The molecule has 6 heteroatoms. The van der Waals surface area contributed by atoms with Gasteiger partial charge in [-0.1, -0.05) is 0 Å². The number of hydrogen-bond donors (Lipinski definition) is 2. The summed E-state index contributed by atoms with van der Waals surface area (Å²) < 4.78 is 37.5. The van der Waals surface area contributed by atoms with Gasteiger partial charge in [0, 0.05) is 24.4 Å². The third-order valence-electron chi connectivity index (χ3n) is 2.87. The summed E-state index contributed by atoms with van der Waals surface area (Å²) in [7, 11) is 0. The summed E-state index contributed by atoms with van der Waals surface area (Å²) in [6.07, 6.45) is 0. The zero-order valence-electron chi connectivity index (χ0n) is 12.2. The highest BCUT2D eigenvalue weighted by Gasteiger charge is 2.06. The Hall–Kier alpha value is -2.50. The van der Waals surface area contributed by atoms with Crippen molar-refractivity contribution in [3.8, 4) is 11.5 Å². The molecule has 2 rings (SSSR count). The van der Waals surface area contributed by atoms with E-state index >= 15 is 0 Å². The number of nitrogens with two attached hydrogens (primary N) is 1. The standard InChI is InChI=1S/C16H18F2N2O2/c1-2-20-14-5-3-11(17)9-16(14)22-8-7-21-15-6-4-12(19)10-13(15)18/h3-6,9-10,20H,2,7-8,19H2,1H3. The normalized spacial score (nSPS) is 10.3. The number of halogens is 2. The molecule has 3 N–H and O–H groups in total. The van der Waals surface area contributed by atoms with Crippen molar-refractivity contribution < 1.29 is 18.3 Å². The van der Waals surface area contributed by atoms with E-state index in [9.17, 15) is 8.78 Å². The topological polar surface area (TPSA) is 56.5 Å². The summed E-state index contributed by atoms with van der Waals surface area (Å²) in [4.78, 5) is 0. The number of hydrogen-bond acceptors (Lipinski definition) is 4. The van der Waals surface area contributed by atoms with Crippen LogP contribution in [0.25, 0.3) is 0 Å². The molecule has 2 aromatic rings. The van der Waals surface area contributed by atoms with Crippen molar-refractivity contribution in [3.63, 3.8) is 0 Å². The fourth-order valence-electron chi connectivity index (χ4n) is 1.89. The van der Waals surface area contributed by atoms with Crippen LogP contribution in [0.15, 0.2) is 36.4 Å². The molecular formula is C16H18F2N2O2. The monoisotopic (exact) mass is 308 g/mol. The Labute approximate surface area is 127 Å². The molecule has 0 saturated carbocycles. The lowest BCUT2D eigenvalue weighted by atomic mass is 10.3. The quantitative estimate of drug-likeness (QED) is 0.608. The van der Waals surface area contributed by atoms with Crippen LogP contribution < -0.4 is 20.5 Å². The molecule has 0 atom stereocenters. The van der Waals surface area contributed by atoms with Crippen LogP contribution in [0.3, 0.4) is 0 Å². The van der Waals surface area contributed by atoms with Crippen LogP contribution >= 0.6 is 0 Å². The van der Waals surface area contributed by atoms with Gasteiger partial charge in [0.15, 0.2) is 11.6 Å². The summed E-state index contributed by atoms with van der Waals surface area (Å²) in [6, 6.07) is 8.44. The summed E-state index contributed by atoms with van der Waals surface area (Å²) in [5.74, 6) is -0.423. The highest BCUT2D eigenvalue weighted by molar-refractivity contribution is 5.56. The number of benzene rings is 2. The number of ether oxygens (including phenoxy) is 2. The first-order valence-corrected chi connectivity index (χ1v) is 6.94. The largest absolute Gasteiger partial charge is 0.488 e. The van der Waals surface area contributed by atoms with E-state index in [1.807, 2.05) is 6.92 Å². The summed E-state index contributed by atoms with van der Waals surface area (Å²) >= 11 is 0. The smallest absolute Gasteiger partial charge is 0.167 e. The molecule has 0 radical (unpaired) electrons. The third kappa shape index (κ3) is 4.25. The number of anilines is 2. The molecule has 0 amide bonds. The van der Waals surface area contributed by atoms with Crippen LogP contribution in [-0.2, 0) is 0 Å². The first-order chi connectivity index (χ1) is 10.6. The fraction of sp³-hybridized carbons (Fsp3) is 0.250. The molecule has 4 nitrogen and oxygen atoms in total. The van der Waals surface area contributed by atoms with Crippen molar-refractivity contribution in [3.05, 3.63) is 48.0 Å². The van der Waals surface area contributed by atoms with Crippen LogP contribution in [0, 0.1) is 11.6 Å². The van der Waals surface area contributed by atoms with E-state index in [-0.39, 0.29) is 24.8 Å². The SMILES string of the molecule is CCNc1ccc(F)cc1OCCOc1ccc(N)cc1F. The second kappa shape index (κ2) is 7.49. The van der Waals surface area contributed by atoms with Crippen molar-refractivity contribution >= 4 is 11.4 Å². The fourth-order valence-corrected chi connectivity index (χ4v) is 1.89. The lowest BCUT2D eigenvalue weighted by Gasteiger charge is -2.13. The molecule has 0 heterocycles. The van der Waals surface area contributed by atoms with Crippen molar-refractivity contribution in [2.24, 2.45) is 0 Å². The van der Waals surface area contributed by atoms with Crippen LogP contribution in [-0.4, -0.2) is 19.8 Å². The van der Waals surface area contributed by atoms with Gasteiger partial charge in [0.2, 0.25) is 0 Å². The number of rotatable bonds is 7. The maximum Gasteiger partial charge on any atom is 0.167 e. The molecule has 0 unspecified atom stereocenters. The highest BCUT2D eigenvalue weighted by Crippen LogP contribution is 2.25. The number of nitrogen functional groups attached to an aromatic ring is 1. The minimum absolute atomic E-state index is 0.101. The molecule has 0 saturated heterocycles. The van der Waals surface area contributed by atoms with Gasteiger partial charge in [0.25, 0.3) is 0 Å². The molecule has 0 bridgehead atoms. The Morgan fingerprint density at radius 3 is 2.41 bits per heavy atom. The van der Waals surface area contributed by atoms with Gasteiger partial charge in [0.05, 0.1) is 5.69 Å². The second-order valence-corrected chi connectivity index (χ2v) is 4.56. The van der Waals surface area contributed by atoms with E-state index in [2.05, 4.69) is 5.32 Å². The lowest BCUT2D eigenvalue weighted by molar-refractivity contribution is 0.211. The maximum atomic E-state index is 13.5. The molecule has 0 aromatic heterocycles. The third-order valence-corrected chi connectivity index (χ3v) is 2.87. The van der Waals surface area contributed by atoms with Crippen molar-refractivity contribution in [2.75, 3.05) is 30.8 Å². The Bertz CT molecular complexity index is 636. The van der Waals surface area contributed by atoms with E-state index in [4.69, 9.17) is 15.2 Å². The molecule has 0 aliphatic carbocycles. The predicted molar refractivity (Wildman–Crippen MR) is 82.4 cm³/mol. The van der Waals surface area contributed by atoms with Crippen LogP contribution in [0.2, 0.25) is 0 Å². The van der Waals surface area contributed by atoms with Gasteiger partial charge in [-0.3, -0.25) is 0 Å². The Morgan fingerprint density at radius 1 is 1.00 bits per heavy atom. The van der Waals surface area contributed by atoms with Gasteiger partial charge < -0.3 is 20.5 Å². The van der Waals surface area contributed by atoms with E-state index in [0.29, 0.717) is 23.7 Å². The van der Waals surface area contributed by atoms with Gasteiger partial charge in [0.1, 0.15) is 24.8 Å². The van der Waals surface area contributed by atoms with E-state index < -0.39 is 5.82 Å². The Balaban J connectivity index is 1.89. The molecule has 22 heavy (non-hydrogen) atoms. The van der Waals surface area contributed by atoms with E-state index in [1.54, 1.807) is 12.1 Å². The van der Waals surface area contributed by atoms with Gasteiger partial charge in [-0.15, -0.1) is 0 Å². The first-order valence-electron chi connectivity index (χ1n) is 6.94. The first kappa shape index (κ1) is 15.9. The summed E-state index contributed by atoms with van der Waals surface area (Å²) in [6.45, 7) is 2.91. The predicted octanol–water partition coefficient (Wildman–Crippen LogP) is 3.44. The van der Waals surface area contributed by atoms with Gasteiger partial charge in [-0.25, -0.2) is 8.78 Å². The molecule has 2 aromatic carbocycles. The molecule has 0 aliphatic heterocycles. The Kier molecular flexibility index (Phi) is 5.41. The summed E-state index contributed by atoms with van der Waals surface area (Å²) in [5, 5.41) is 3.07. The minimum atomic E-state index is -0.529. The van der Waals surface area contributed by atoms with Crippen LogP contribution in [0.5, 0.6) is 11.5 Å². The molecular weight excluding hydrogens is 290 g/mol. The van der Waals surface area contributed by atoms with E-state index in [0.717, 1.165) is 0 Å². The van der Waals surface area contributed by atoms with Crippen molar-refractivity contribution in [1.29, 1.82) is 0 Å². The molecule has 0 spiro atoms. The molecule has 0 aliphatic rings. The average Bonchev–Trinajstić information content (AvgIpc) is 2.48. The van der Waals surface area contributed by atoms with Crippen LogP contribution in [0.4, 0.5) is 20.2 Å². The van der Waals surface area contributed by atoms with Crippen molar-refractivity contribution in [2.45, 2.75) is 6.92 Å². The van der Waals surface area contributed by atoms with E-state index in [1.165, 1.54) is 24.3 Å². The molecule has 0 fully saturated rings. The van der Waals surface area contributed by atoms with Crippen LogP contribution in [0.1, 0.15) is 6.92 Å². The highest BCUT2D eigenvalue weighted by atomic mass is 19.1. The molecule has 118 valence electrons. The minimum Gasteiger partial charge on any atom is -0.488 e.